The molecule has 1 unspecified atom stereocenters. The van der Waals surface area contributed by atoms with E-state index in [9.17, 15) is 9.90 Å². The van der Waals surface area contributed by atoms with Crippen LogP contribution in [-0.2, 0) is 5.60 Å². The minimum absolute atomic E-state index is 0.0606. The fourth-order valence-corrected chi connectivity index (χ4v) is 3.73. The molecule has 35 heavy (non-hydrogen) atoms. The molecule has 1 atom stereocenters. The summed E-state index contributed by atoms with van der Waals surface area (Å²) in [7, 11) is 1.63. The Labute approximate surface area is 200 Å². The van der Waals surface area contributed by atoms with E-state index >= 15 is 0 Å². The molecule has 11 nitrogen and oxygen atoms in total. The first-order valence-electron chi connectivity index (χ1n) is 10.7. The molecule has 1 aromatic carbocycles. The Morgan fingerprint density at radius 1 is 1.00 bits per heavy atom. The number of fused-ring (bicyclic) bond motifs is 1. The Morgan fingerprint density at radius 3 is 2.49 bits per heavy atom. The zero-order chi connectivity index (χ0) is 24.6. The summed E-state index contributed by atoms with van der Waals surface area (Å²) >= 11 is 0. The monoisotopic (exact) mass is 467 g/mol. The summed E-state index contributed by atoms with van der Waals surface area (Å²) in [5.74, 6) is 0.788. The lowest BCUT2D eigenvalue weighted by atomic mass is 9.94. The number of anilines is 2. The largest absolute Gasteiger partial charge is 0.377 e. The van der Waals surface area contributed by atoms with Gasteiger partial charge in [-0.25, -0.2) is 24.6 Å². The highest BCUT2D eigenvalue weighted by Gasteiger charge is 2.31. The molecule has 0 spiro atoms. The maximum absolute atomic E-state index is 13.5. The van der Waals surface area contributed by atoms with Gasteiger partial charge in [0.15, 0.2) is 17.3 Å². The average molecular weight is 467 g/mol. The number of nitrogens with two attached hydrogens (primary N) is 1. The van der Waals surface area contributed by atoms with Crippen LogP contribution in [0.25, 0.3) is 16.7 Å². The van der Waals surface area contributed by atoms with Gasteiger partial charge in [-0.1, -0.05) is 12.1 Å². The number of hydrogen-bond acceptors (Lipinski definition) is 9. The van der Waals surface area contributed by atoms with Crippen molar-refractivity contribution in [3.8, 4) is 5.82 Å². The Hall–Kier alpha value is -4.77. The third-order valence-corrected chi connectivity index (χ3v) is 5.62. The van der Waals surface area contributed by atoms with Gasteiger partial charge in [0.25, 0.3) is 5.91 Å². The molecule has 11 heteroatoms. The van der Waals surface area contributed by atoms with Crippen LogP contribution in [0.1, 0.15) is 28.8 Å². The van der Waals surface area contributed by atoms with Gasteiger partial charge in [-0.05, 0) is 42.8 Å². The first-order valence-corrected chi connectivity index (χ1v) is 10.7. The molecule has 174 valence electrons. The van der Waals surface area contributed by atoms with Crippen LogP contribution in [0.15, 0.2) is 73.3 Å². The highest BCUT2D eigenvalue weighted by Crippen LogP contribution is 2.31. The smallest absolute Gasteiger partial charge is 0.280 e. The molecule has 0 saturated carbocycles. The molecule has 0 radical (unpaired) electrons. The Morgan fingerprint density at radius 2 is 1.77 bits per heavy atom. The molecule has 4 aromatic heterocycles. The molecule has 0 saturated heterocycles. The maximum atomic E-state index is 13.5. The predicted molar refractivity (Wildman–Crippen MR) is 129 cm³/mol. The van der Waals surface area contributed by atoms with Gasteiger partial charge < -0.3 is 10.8 Å². The zero-order valence-electron chi connectivity index (χ0n) is 18.9. The van der Waals surface area contributed by atoms with E-state index < -0.39 is 5.60 Å². The predicted octanol–water partition coefficient (Wildman–Crippen LogP) is 2.12. The van der Waals surface area contributed by atoms with Gasteiger partial charge in [-0.15, -0.1) is 0 Å². The van der Waals surface area contributed by atoms with Crippen molar-refractivity contribution in [3.63, 3.8) is 0 Å². The topological polar surface area (TPSA) is 149 Å². The molecular weight excluding hydrogens is 446 g/mol. The van der Waals surface area contributed by atoms with E-state index in [-0.39, 0.29) is 23.4 Å². The summed E-state index contributed by atoms with van der Waals surface area (Å²) in [6, 6.07) is 13.8. The Bertz CT molecular complexity index is 1520. The summed E-state index contributed by atoms with van der Waals surface area (Å²) in [5, 5.41) is 16.4. The minimum Gasteiger partial charge on any atom is -0.377 e. The number of hydrogen-bond donors (Lipinski definition) is 2. The van der Waals surface area contributed by atoms with Crippen molar-refractivity contribution >= 4 is 28.6 Å². The summed E-state index contributed by atoms with van der Waals surface area (Å²) in [4.78, 5) is 35.7. The molecule has 5 rings (SSSR count). The van der Waals surface area contributed by atoms with Gasteiger partial charge in [-0.3, -0.25) is 9.69 Å². The van der Waals surface area contributed by atoms with E-state index in [0.29, 0.717) is 28.1 Å². The maximum Gasteiger partial charge on any atom is 0.280 e. The third kappa shape index (κ3) is 3.93. The lowest BCUT2D eigenvalue weighted by molar-refractivity contribution is 0.0922. The standard InChI is InChI=1S/C24H21N9O2/c1-24(35,22-27-11-5-12-28-22)15-7-8-16-17(14-15)33(19-9-13-29-23(25)30-19)31-20(16)21(34)32(2)18-6-3-4-10-26-18/h3-14,35H,1-2H3,(H2,25,29,30). The van der Waals surface area contributed by atoms with Gasteiger partial charge in [0.1, 0.15) is 11.4 Å². The summed E-state index contributed by atoms with van der Waals surface area (Å²) in [6.45, 7) is 1.60. The number of nitrogens with zero attached hydrogens (tertiary/aromatic N) is 8. The van der Waals surface area contributed by atoms with Gasteiger partial charge in [0.05, 0.1) is 5.52 Å². The van der Waals surface area contributed by atoms with Crippen molar-refractivity contribution in [1.29, 1.82) is 0 Å². The number of rotatable bonds is 5. The average Bonchev–Trinajstić information content (AvgIpc) is 3.28. The lowest BCUT2D eigenvalue weighted by Crippen LogP contribution is -2.27. The fourth-order valence-electron chi connectivity index (χ4n) is 3.73. The number of amides is 1. The van der Waals surface area contributed by atoms with E-state index in [1.807, 2.05) is 0 Å². The van der Waals surface area contributed by atoms with Crippen LogP contribution in [-0.4, -0.2) is 52.8 Å². The number of carbonyl (C=O) groups excluding carboxylic acids is 1. The van der Waals surface area contributed by atoms with Crippen molar-refractivity contribution in [2.75, 3.05) is 17.7 Å². The zero-order valence-corrected chi connectivity index (χ0v) is 18.9. The summed E-state index contributed by atoms with van der Waals surface area (Å²) < 4.78 is 1.50. The lowest BCUT2D eigenvalue weighted by Gasteiger charge is -2.22. The van der Waals surface area contributed by atoms with Gasteiger partial charge in [-0.2, -0.15) is 10.1 Å². The molecule has 1 amide bonds. The molecule has 0 bridgehead atoms. The molecule has 5 aromatic rings. The normalized spacial score (nSPS) is 12.9. The van der Waals surface area contributed by atoms with Crippen LogP contribution in [0.4, 0.5) is 11.8 Å². The van der Waals surface area contributed by atoms with Crippen LogP contribution in [0.3, 0.4) is 0 Å². The summed E-state index contributed by atoms with van der Waals surface area (Å²) in [5.41, 5.74) is 5.54. The number of carbonyl (C=O) groups is 1. The number of pyridine rings is 1. The second-order valence-electron chi connectivity index (χ2n) is 7.96. The summed E-state index contributed by atoms with van der Waals surface area (Å²) in [6.07, 6.45) is 6.24. The van der Waals surface area contributed by atoms with Gasteiger partial charge in [0, 0.05) is 43.3 Å². The second-order valence-corrected chi connectivity index (χ2v) is 7.96. The second kappa shape index (κ2) is 8.54. The number of benzene rings is 1. The van der Waals surface area contributed by atoms with E-state index in [1.54, 1.807) is 81.1 Å². The number of nitrogen functional groups attached to an aromatic ring is 1. The van der Waals surface area contributed by atoms with Crippen LogP contribution < -0.4 is 10.6 Å². The van der Waals surface area contributed by atoms with E-state index in [4.69, 9.17) is 5.73 Å². The van der Waals surface area contributed by atoms with Crippen LogP contribution in [0, 0.1) is 0 Å². The van der Waals surface area contributed by atoms with Crippen molar-refractivity contribution < 1.29 is 9.90 Å². The molecule has 0 aliphatic carbocycles. The molecule has 3 N–H and O–H groups in total. The van der Waals surface area contributed by atoms with Gasteiger partial charge >= 0.3 is 0 Å². The Balaban J connectivity index is 1.69. The SMILES string of the molecule is CN(C(=O)c1nn(-c2ccnc(N)n2)c2cc(C(C)(O)c3ncccn3)ccc12)c1ccccn1. The van der Waals surface area contributed by atoms with Crippen molar-refractivity contribution in [1.82, 2.24) is 34.7 Å². The van der Waals surface area contributed by atoms with Crippen LogP contribution in [0.5, 0.6) is 0 Å². The van der Waals surface area contributed by atoms with Gasteiger partial charge in [0.2, 0.25) is 5.95 Å². The number of aliphatic hydroxyl groups is 1. The van der Waals surface area contributed by atoms with Crippen LogP contribution in [0.2, 0.25) is 0 Å². The number of aromatic nitrogens is 7. The highest BCUT2D eigenvalue weighted by molar-refractivity contribution is 6.12. The van der Waals surface area contributed by atoms with Crippen LogP contribution >= 0.6 is 0 Å². The minimum atomic E-state index is -1.50. The first kappa shape index (κ1) is 22.0. The van der Waals surface area contributed by atoms with E-state index in [2.05, 4.69) is 30.0 Å². The first-order chi connectivity index (χ1) is 16.9. The van der Waals surface area contributed by atoms with E-state index in [1.165, 1.54) is 15.8 Å². The molecule has 0 fully saturated rings. The highest BCUT2D eigenvalue weighted by atomic mass is 16.3. The van der Waals surface area contributed by atoms with Crippen molar-refractivity contribution in [2.45, 2.75) is 12.5 Å². The van der Waals surface area contributed by atoms with Crippen molar-refractivity contribution in [2.24, 2.45) is 0 Å². The molecular formula is C24H21N9O2. The molecule has 0 aliphatic rings. The third-order valence-electron chi connectivity index (χ3n) is 5.62. The molecule has 4 heterocycles. The fraction of sp³-hybridized carbons (Fsp3) is 0.125. The van der Waals surface area contributed by atoms with Crippen molar-refractivity contribution in [3.05, 3.63) is 90.4 Å². The van der Waals surface area contributed by atoms with E-state index in [0.717, 1.165) is 0 Å². The Kier molecular flexibility index (Phi) is 5.38. The quantitative estimate of drug-likeness (QED) is 0.396. The molecule has 0 aliphatic heterocycles.